The zero-order valence-corrected chi connectivity index (χ0v) is 13.1. The Balaban J connectivity index is 1.74. The fourth-order valence-corrected chi connectivity index (χ4v) is 2.64. The van der Waals surface area contributed by atoms with Crippen molar-refractivity contribution in [2.24, 2.45) is 5.92 Å². The normalized spacial score (nSPS) is 20.6. The number of rotatable bonds is 5. The van der Waals surface area contributed by atoms with Gasteiger partial charge in [-0.15, -0.1) is 0 Å². The number of likely N-dealkylation sites (tertiary alicyclic amines) is 1. The molecule has 0 spiro atoms. The van der Waals surface area contributed by atoms with Gasteiger partial charge in [-0.05, 0) is 31.9 Å². The molecule has 126 valence electrons. The van der Waals surface area contributed by atoms with E-state index >= 15 is 0 Å². The molecule has 3 N–H and O–H groups in total. The molecule has 1 saturated heterocycles. The Morgan fingerprint density at radius 2 is 2.22 bits per heavy atom. The molecule has 0 saturated carbocycles. The highest BCUT2D eigenvalue weighted by molar-refractivity contribution is 5.92. The summed E-state index contributed by atoms with van der Waals surface area (Å²) in [5, 5.41) is 0. The lowest BCUT2D eigenvalue weighted by Gasteiger charge is -2.28. The summed E-state index contributed by atoms with van der Waals surface area (Å²) >= 11 is 0. The van der Waals surface area contributed by atoms with Crippen molar-refractivity contribution in [2.75, 3.05) is 26.2 Å². The zero-order valence-electron chi connectivity index (χ0n) is 13.1. The Labute approximate surface area is 134 Å². The average molecular weight is 324 g/mol. The van der Waals surface area contributed by atoms with E-state index in [2.05, 4.69) is 10.9 Å². The number of furan rings is 1. The first kappa shape index (κ1) is 17.0. The van der Waals surface area contributed by atoms with Crippen LogP contribution in [0, 0.1) is 5.92 Å². The van der Waals surface area contributed by atoms with E-state index in [0.717, 1.165) is 24.3 Å². The summed E-state index contributed by atoms with van der Waals surface area (Å²) in [6, 6.07) is 3.09. The van der Waals surface area contributed by atoms with Crippen LogP contribution in [-0.4, -0.2) is 44.0 Å². The average Bonchev–Trinajstić information content (AvgIpc) is 3.07. The second kappa shape index (κ2) is 8.33. The van der Waals surface area contributed by atoms with Crippen molar-refractivity contribution in [2.45, 2.75) is 19.8 Å². The van der Waals surface area contributed by atoms with Crippen molar-refractivity contribution >= 4 is 17.8 Å². The first-order chi connectivity index (χ1) is 11.1. The molecule has 2 rings (SSSR count). The van der Waals surface area contributed by atoms with Crippen LogP contribution in [-0.2, 0) is 14.3 Å². The Bertz CT molecular complexity index is 543. The monoisotopic (exact) mass is 324 g/mol. The molecule has 2 atom stereocenters. The fourth-order valence-electron chi connectivity index (χ4n) is 2.64. The second-order valence-corrected chi connectivity index (χ2v) is 5.45. The quantitative estimate of drug-likeness (QED) is 0.471. The molecule has 0 aliphatic carbocycles. The van der Waals surface area contributed by atoms with Crippen LogP contribution in [0.2, 0.25) is 0 Å². The van der Waals surface area contributed by atoms with Crippen molar-refractivity contribution in [1.82, 2.24) is 10.9 Å². The molecule has 1 aliphatic rings. The molecule has 1 aromatic rings. The van der Waals surface area contributed by atoms with Gasteiger partial charge in [0.15, 0.2) is 12.3 Å². The first-order valence-corrected chi connectivity index (χ1v) is 7.73. The van der Waals surface area contributed by atoms with Gasteiger partial charge in [0.1, 0.15) is 5.92 Å². The Morgan fingerprint density at radius 3 is 2.91 bits per heavy atom. The molecular formula is C15H22N3O5+. The van der Waals surface area contributed by atoms with Crippen molar-refractivity contribution < 1.29 is 28.4 Å². The number of piperidine rings is 1. The largest absolute Gasteiger partial charge is 0.466 e. The van der Waals surface area contributed by atoms with Crippen LogP contribution in [0.3, 0.4) is 0 Å². The van der Waals surface area contributed by atoms with Crippen LogP contribution in [0.4, 0.5) is 0 Å². The van der Waals surface area contributed by atoms with E-state index in [4.69, 9.17) is 9.15 Å². The van der Waals surface area contributed by atoms with Crippen molar-refractivity contribution in [3.05, 3.63) is 24.2 Å². The summed E-state index contributed by atoms with van der Waals surface area (Å²) < 4.78 is 9.96. The molecule has 1 aromatic heterocycles. The van der Waals surface area contributed by atoms with Gasteiger partial charge in [0.25, 0.3) is 5.91 Å². The molecule has 0 radical (unpaired) electrons. The number of hydrogen-bond acceptors (Lipinski definition) is 5. The maximum atomic E-state index is 11.9. The molecule has 0 aromatic carbocycles. The summed E-state index contributed by atoms with van der Waals surface area (Å²) in [4.78, 5) is 36.3. The van der Waals surface area contributed by atoms with Gasteiger partial charge in [-0.2, -0.15) is 0 Å². The summed E-state index contributed by atoms with van der Waals surface area (Å²) in [5.41, 5.74) is 4.64. The van der Waals surface area contributed by atoms with E-state index in [9.17, 15) is 14.4 Å². The van der Waals surface area contributed by atoms with Crippen LogP contribution >= 0.6 is 0 Å². The smallest absolute Gasteiger partial charge is 0.314 e. The molecule has 2 heterocycles. The molecule has 2 amide bonds. The number of nitrogens with one attached hydrogen (secondary N) is 3. The minimum Gasteiger partial charge on any atom is -0.466 e. The molecular weight excluding hydrogens is 302 g/mol. The number of carbonyl (C=O) groups is 3. The highest BCUT2D eigenvalue weighted by atomic mass is 16.5. The third-order valence-electron chi connectivity index (χ3n) is 3.71. The summed E-state index contributed by atoms with van der Waals surface area (Å²) in [7, 11) is 0. The zero-order chi connectivity index (χ0) is 16.7. The molecule has 1 aliphatic heterocycles. The summed E-state index contributed by atoms with van der Waals surface area (Å²) in [6.45, 7) is 3.71. The summed E-state index contributed by atoms with van der Waals surface area (Å²) in [6.07, 6.45) is 3.04. The van der Waals surface area contributed by atoms with Gasteiger partial charge in [-0.1, -0.05) is 0 Å². The maximum absolute atomic E-state index is 11.9. The standard InChI is InChI=1S/C15H21N3O5/c1-2-22-15(21)11-5-3-7-18(9-11)10-13(19)16-17-14(20)12-6-4-8-23-12/h4,6,8,11H,2-3,5,7,9-10H2,1H3,(H,16,19)(H,17,20)/p+1/t11-/m1/s1. The van der Waals surface area contributed by atoms with Gasteiger partial charge in [-0.25, -0.2) is 0 Å². The van der Waals surface area contributed by atoms with E-state index in [1.54, 1.807) is 13.0 Å². The number of hydrazine groups is 1. The predicted molar refractivity (Wildman–Crippen MR) is 79.2 cm³/mol. The van der Waals surface area contributed by atoms with Crippen molar-refractivity contribution in [3.8, 4) is 0 Å². The van der Waals surface area contributed by atoms with Crippen LogP contribution in [0.5, 0.6) is 0 Å². The molecule has 23 heavy (non-hydrogen) atoms. The number of carbonyl (C=O) groups excluding carboxylic acids is 3. The van der Waals surface area contributed by atoms with E-state index in [-0.39, 0.29) is 30.1 Å². The van der Waals surface area contributed by atoms with E-state index in [0.29, 0.717) is 13.2 Å². The molecule has 1 unspecified atom stereocenters. The molecule has 8 nitrogen and oxygen atoms in total. The molecule has 1 fully saturated rings. The van der Waals surface area contributed by atoms with Gasteiger partial charge in [0, 0.05) is 0 Å². The topological polar surface area (TPSA) is 102 Å². The van der Waals surface area contributed by atoms with E-state index < -0.39 is 5.91 Å². The van der Waals surface area contributed by atoms with Gasteiger partial charge >= 0.3 is 11.9 Å². The number of amides is 2. The predicted octanol–water partition coefficient (Wildman–Crippen LogP) is -1.10. The Hall–Kier alpha value is -2.35. The Morgan fingerprint density at radius 1 is 1.39 bits per heavy atom. The first-order valence-electron chi connectivity index (χ1n) is 7.73. The lowest BCUT2D eigenvalue weighted by atomic mass is 9.98. The van der Waals surface area contributed by atoms with Crippen LogP contribution in [0.15, 0.2) is 22.8 Å². The number of hydrogen-bond donors (Lipinski definition) is 3. The number of ether oxygens (including phenoxy) is 1. The van der Waals surface area contributed by atoms with Gasteiger partial charge < -0.3 is 14.1 Å². The van der Waals surface area contributed by atoms with Crippen LogP contribution in [0.25, 0.3) is 0 Å². The van der Waals surface area contributed by atoms with Crippen LogP contribution in [0.1, 0.15) is 30.3 Å². The lowest BCUT2D eigenvalue weighted by Crippen LogP contribution is -3.15. The fraction of sp³-hybridized carbons (Fsp3) is 0.533. The van der Waals surface area contributed by atoms with Crippen molar-refractivity contribution in [3.63, 3.8) is 0 Å². The molecule has 0 bridgehead atoms. The number of esters is 1. The van der Waals surface area contributed by atoms with Gasteiger partial charge in [-0.3, -0.25) is 25.2 Å². The van der Waals surface area contributed by atoms with E-state index in [1.165, 1.54) is 12.3 Å². The number of quaternary nitrogens is 1. The summed E-state index contributed by atoms with van der Waals surface area (Å²) in [5.74, 6) is -1.07. The minimum absolute atomic E-state index is 0.123. The maximum Gasteiger partial charge on any atom is 0.314 e. The second-order valence-electron chi connectivity index (χ2n) is 5.45. The lowest BCUT2D eigenvalue weighted by molar-refractivity contribution is -0.899. The van der Waals surface area contributed by atoms with Gasteiger partial charge in [0.05, 0.1) is 26.0 Å². The molecule has 8 heteroatoms. The minimum atomic E-state index is -0.513. The third kappa shape index (κ3) is 5.10. The Kier molecular flexibility index (Phi) is 6.16. The van der Waals surface area contributed by atoms with Gasteiger partial charge in [0.2, 0.25) is 0 Å². The van der Waals surface area contributed by atoms with Crippen LogP contribution < -0.4 is 15.8 Å². The highest BCUT2D eigenvalue weighted by Crippen LogP contribution is 2.09. The van der Waals surface area contributed by atoms with Crippen molar-refractivity contribution in [1.29, 1.82) is 0 Å². The highest BCUT2D eigenvalue weighted by Gasteiger charge is 2.30. The third-order valence-corrected chi connectivity index (χ3v) is 3.71. The van der Waals surface area contributed by atoms with E-state index in [1.807, 2.05) is 0 Å². The SMILES string of the molecule is CCOC(=O)[C@@H]1CCC[NH+](CC(=O)NNC(=O)c2ccco2)C1.